The molecule has 20 heavy (non-hydrogen) atoms. The molecule has 0 radical (unpaired) electrons. The fraction of sp³-hybridized carbons (Fsp3) is 0.214. The van der Waals surface area contributed by atoms with Crippen molar-refractivity contribution in [1.29, 1.82) is 0 Å². The zero-order chi connectivity index (χ0) is 14.5. The molecular weight excluding hydrogens is 276 g/mol. The van der Waals surface area contributed by atoms with E-state index in [0.29, 0.717) is 18.0 Å². The fourth-order valence-electron chi connectivity index (χ4n) is 1.76. The molecule has 2 aromatic rings. The van der Waals surface area contributed by atoms with E-state index in [-0.39, 0.29) is 10.8 Å². The summed E-state index contributed by atoms with van der Waals surface area (Å²) in [5.74, 6) is -1.16. The number of hydrogen-bond donors (Lipinski definition) is 1. The molecule has 0 saturated heterocycles. The van der Waals surface area contributed by atoms with Crippen LogP contribution in [0, 0.1) is 0 Å². The predicted octanol–water partition coefficient (Wildman–Crippen LogP) is 2.50. The topological polar surface area (TPSA) is 70.5 Å². The Hall–Kier alpha value is -2.21. The molecule has 1 amide bonds. The number of carboxylic acids is 1. The molecule has 104 valence electrons. The van der Waals surface area contributed by atoms with Crippen molar-refractivity contribution < 1.29 is 14.7 Å². The monoisotopic (exact) mass is 290 g/mol. The standard InChI is InChI=1S/C14H14N2O3S/c1-2-16(9-10-5-7-15-8-6-10)13(17)11-3-4-12(20-11)14(18)19/h3-8H,2,9H2,1H3,(H,18,19). The van der Waals surface area contributed by atoms with Crippen molar-refractivity contribution in [3.63, 3.8) is 0 Å². The first-order valence-electron chi connectivity index (χ1n) is 6.13. The van der Waals surface area contributed by atoms with Gasteiger partial charge < -0.3 is 10.0 Å². The number of hydrogen-bond acceptors (Lipinski definition) is 4. The summed E-state index contributed by atoms with van der Waals surface area (Å²) in [6, 6.07) is 6.73. The van der Waals surface area contributed by atoms with Gasteiger partial charge in [0.15, 0.2) is 0 Å². The lowest BCUT2D eigenvalue weighted by Crippen LogP contribution is -2.29. The lowest BCUT2D eigenvalue weighted by atomic mass is 10.2. The van der Waals surface area contributed by atoms with Crippen LogP contribution in [-0.4, -0.2) is 33.4 Å². The molecule has 0 unspecified atom stereocenters. The van der Waals surface area contributed by atoms with E-state index < -0.39 is 5.97 Å². The molecule has 0 saturated carbocycles. The van der Waals surface area contributed by atoms with Crippen molar-refractivity contribution in [2.24, 2.45) is 0 Å². The summed E-state index contributed by atoms with van der Waals surface area (Å²) in [6.45, 7) is 2.93. The van der Waals surface area contributed by atoms with Crippen molar-refractivity contribution >= 4 is 23.2 Å². The molecule has 2 aromatic heterocycles. The molecule has 0 spiro atoms. The average molecular weight is 290 g/mol. The van der Waals surface area contributed by atoms with Crippen LogP contribution in [0.1, 0.15) is 31.8 Å². The summed E-state index contributed by atoms with van der Waals surface area (Å²) in [5.41, 5.74) is 0.991. The molecule has 0 fully saturated rings. The maximum absolute atomic E-state index is 12.3. The summed E-state index contributed by atoms with van der Waals surface area (Å²) in [5, 5.41) is 8.89. The molecule has 2 rings (SSSR count). The Balaban J connectivity index is 2.14. The normalized spacial score (nSPS) is 10.2. The van der Waals surface area contributed by atoms with E-state index in [4.69, 9.17) is 5.11 Å². The van der Waals surface area contributed by atoms with E-state index in [1.807, 2.05) is 19.1 Å². The molecular formula is C14H14N2O3S. The highest BCUT2D eigenvalue weighted by Gasteiger charge is 2.18. The highest BCUT2D eigenvalue weighted by Crippen LogP contribution is 2.19. The molecule has 0 aromatic carbocycles. The van der Waals surface area contributed by atoms with E-state index in [9.17, 15) is 9.59 Å². The Labute approximate surface area is 120 Å². The zero-order valence-electron chi connectivity index (χ0n) is 10.9. The van der Waals surface area contributed by atoms with E-state index in [2.05, 4.69) is 4.98 Å². The maximum Gasteiger partial charge on any atom is 0.345 e. The minimum Gasteiger partial charge on any atom is -0.477 e. The van der Waals surface area contributed by atoms with Gasteiger partial charge in [-0.15, -0.1) is 11.3 Å². The molecule has 0 aliphatic rings. The van der Waals surface area contributed by atoms with Gasteiger partial charge in [-0.2, -0.15) is 0 Å². The van der Waals surface area contributed by atoms with Gasteiger partial charge in [-0.05, 0) is 36.8 Å². The van der Waals surface area contributed by atoms with Crippen molar-refractivity contribution in [2.45, 2.75) is 13.5 Å². The van der Waals surface area contributed by atoms with E-state index in [1.165, 1.54) is 6.07 Å². The number of nitrogens with zero attached hydrogens (tertiary/aromatic N) is 2. The van der Waals surface area contributed by atoms with Crippen LogP contribution in [0.2, 0.25) is 0 Å². The summed E-state index contributed by atoms with van der Waals surface area (Å²) in [7, 11) is 0. The van der Waals surface area contributed by atoms with Crippen molar-refractivity contribution in [1.82, 2.24) is 9.88 Å². The molecule has 0 bridgehead atoms. The second-order valence-electron chi connectivity index (χ2n) is 4.14. The second-order valence-corrected chi connectivity index (χ2v) is 5.23. The van der Waals surface area contributed by atoms with Crippen LogP contribution in [0.3, 0.4) is 0 Å². The van der Waals surface area contributed by atoms with Gasteiger partial charge in [-0.1, -0.05) is 0 Å². The van der Waals surface area contributed by atoms with Crippen LogP contribution in [0.5, 0.6) is 0 Å². The maximum atomic E-state index is 12.3. The number of carbonyl (C=O) groups excluding carboxylic acids is 1. The minimum absolute atomic E-state index is 0.151. The Morgan fingerprint density at radius 2 is 1.85 bits per heavy atom. The van der Waals surface area contributed by atoms with Gasteiger partial charge in [0.05, 0.1) is 4.88 Å². The van der Waals surface area contributed by atoms with Gasteiger partial charge in [0.1, 0.15) is 4.88 Å². The largest absolute Gasteiger partial charge is 0.477 e. The van der Waals surface area contributed by atoms with Crippen LogP contribution >= 0.6 is 11.3 Å². The number of carbonyl (C=O) groups is 2. The minimum atomic E-state index is -1.01. The van der Waals surface area contributed by atoms with Crippen LogP contribution in [0.15, 0.2) is 36.7 Å². The summed E-state index contributed by atoms with van der Waals surface area (Å²) < 4.78 is 0. The molecule has 5 nitrogen and oxygen atoms in total. The van der Waals surface area contributed by atoms with E-state index in [0.717, 1.165) is 16.9 Å². The Kier molecular flexibility index (Phi) is 4.47. The highest BCUT2D eigenvalue weighted by atomic mass is 32.1. The zero-order valence-corrected chi connectivity index (χ0v) is 11.8. The third-order valence-corrected chi connectivity index (χ3v) is 3.88. The number of pyridine rings is 1. The van der Waals surface area contributed by atoms with Crippen LogP contribution in [0.25, 0.3) is 0 Å². The van der Waals surface area contributed by atoms with Gasteiger partial charge in [-0.25, -0.2) is 4.79 Å². The van der Waals surface area contributed by atoms with Crippen molar-refractivity contribution in [3.8, 4) is 0 Å². The number of amides is 1. The molecule has 2 heterocycles. The number of rotatable bonds is 5. The summed E-state index contributed by atoms with van der Waals surface area (Å²) in [4.78, 5) is 29.4. The molecule has 0 aliphatic heterocycles. The first kappa shape index (κ1) is 14.2. The molecule has 6 heteroatoms. The Morgan fingerprint density at radius 1 is 1.20 bits per heavy atom. The lowest BCUT2D eigenvalue weighted by molar-refractivity contribution is 0.0701. The number of aromatic nitrogens is 1. The van der Waals surface area contributed by atoms with Crippen LogP contribution in [-0.2, 0) is 6.54 Å². The van der Waals surface area contributed by atoms with Gasteiger partial charge in [0, 0.05) is 25.5 Å². The number of carboxylic acid groups (broad SMARTS) is 1. The fourth-order valence-corrected chi connectivity index (χ4v) is 2.57. The first-order valence-corrected chi connectivity index (χ1v) is 6.94. The third kappa shape index (κ3) is 3.21. The van der Waals surface area contributed by atoms with Crippen LogP contribution in [0.4, 0.5) is 0 Å². The Bertz CT molecular complexity index is 610. The van der Waals surface area contributed by atoms with Gasteiger partial charge in [0.25, 0.3) is 5.91 Å². The Morgan fingerprint density at radius 3 is 2.40 bits per heavy atom. The molecule has 0 atom stereocenters. The first-order chi connectivity index (χ1) is 9.61. The van der Waals surface area contributed by atoms with Crippen LogP contribution < -0.4 is 0 Å². The molecule has 0 aliphatic carbocycles. The van der Waals surface area contributed by atoms with Gasteiger partial charge in [-0.3, -0.25) is 9.78 Å². The van der Waals surface area contributed by atoms with Gasteiger partial charge >= 0.3 is 5.97 Å². The number of aromatic carboxylic acids is 1. The quantitative estimate of drug-likeness (QED) is 0.918. The lowest BCUT2D eigenvalue weighted by Gasteiger charge is -2.20. The summed E-state index contributed by atoms with van der Waals surface area (Å²) >= 11 is 1.00. The van der Waals surface area contributed by atoms with Crippen molar-refractivity contribution in [3.05, 3.63) is 52.0 Å². The van der Waals surface area contributed by atoms with Crippen molar-refractivity contribution in [2.75, 3.05) is 6.54 Å². The van der Waals surface area contributed by atoms with E-state index in [1.54, 1.807) is 23.4 Å². The second kappa shape index (κ2) is 6.29. The van der Waals surface area contributed by atoms with Gasteiger partial charge in [0.2, 0.25) is 0 Å². The SMILES string of the molecule is CCN(Cc1ccncc1)C(=O)c1ccc(C(=O)O)s1. The smallest absolute Gasteiger partial charge is 0.345 e. The number of thiophene rings is 1. The predicted molar refractivity (Wildman–Crippen MR) is 75.9 cm³/mol. The summed E-state index contributed by atoms with van der Waals surface area (Å²) in [6.07, 6.45) is 3.36. The highest BCUT2D eigenvalue weighted by molar-refractivity contribution is 7.15. The van der Waals surface area contributed by atoms with E-state index >= 15 is 0 Å². The average Bonchev–Trinajstić information content (AvgIpc) is 2.95. The molecule has 1 N–H and O–H groups in total. The third-order valence-electron chi connectivity index (χ3n) is 2.82.